The molecule has 0 spiro atoms. The number of nitrogens with one attached hydrogen (secondary N) is 1. The lowest BCUT2D eigenvalue weighted by molar-refractivity contribution is 0.199. The summed E-state index contributed by atoms with van der Waals surface area (Å²) < 4.78 is 0. The molecule has 20 heavy (non-hydrogen) atoms. The zero-order valence-corrected chi connectivity index (χ0v) is 13.5. The van der Waals surface area contributed by atoms with Crippen LogP contribution in [0.15, 0.2) is 5.38 Å². The molecular weight excluding hydrogens is 268 g/mol. The standard InChI is InChI=1S/C15H26N4S/c1-18(2)10-14-4-3-7-19(14)9-13-11-20-15(17-13)8-16-12-5-6-12/h11-12,14,16H,3-10H2,1-2H3. The van der Waals surface area contributed by atoms with Gasteiger partial charge in [-0.05, 0) is 46.3 Å². The van der Waals surface area contributed by atoms with Gasteiger partial charge in [-0.1, -0.05) is 0 Å². The number of hydrogen-bond donors (Lipinski definition) is 1. The lowest BCUT2D eigenvalue weighted by Gasteiger charge is -2.26. The van der Waals surface area contributed by atoms with Gasteiger partial charge in [-0.3, -0.25) is 4.90 Å². The van der Waals surface area contributed by atoms with Crippen LogP contribution in [-0.4, -0.2) is 54.1 Å². The zero-order valence-electron chi connectivity index (χ0n) is 12.6. The Labute approximate surface area is 126 Å². The predicted octanol–water partition coefficient (Wildman–Crippen LogP) is 1.92. The molecule has 1 aromatic heterocycles. The maximum absolute atomic E-state index is 4.79. The summed E-state index contributed by atoms with van der Waals surface area (Å²) in [6.07, 6.45) is 5.35. The third-order valence-corrected chi connectivity index (χ3v) is 5.06. The molecule has 1 atom stereocenters. The summed E-state index contributed by atoms with van der Waals surface area (Å²) in [5.41, 5.74) is 1.26. The van der Waals surface area contributed by atoms with Gasteiger partial charge in [-0.15, -0.1) is 11.3 Å². The van der Waals surface area contributed by atoms with E-state index >= 15 is 0 Å². The molecule has 1 aliphatic carbocycles. The van der Waals surface area contributed by atoms with E-state index in [1.54, 1.807) is 0 Å². The molecule has 2 aliphatic rings. The summed E-state index contributed by atoms with van der Waals surface area (Å²) in [6, 6.07) is 1.48. The summed E-state index contributed by atoms with van der Waals surface area (Å²) in [7, 11) is 4.34. The zero-order chi connectivity index (χ0) is 13.9. The minimum absolute atomic E-state index is 0.708. The van der Waals surface area contributed by atoms with Gasteiger partial charge < -0.3 is 10.2 Å². The molecule has 2 fully saturated rings. The molecule has 0 amide bonds. The number of aromatic nitrogens is 1. The van der Waals surface area contributed by atoms with Gasteiger partial charge in [-0.25, -0.2) is 4.98 Å². The van der Waals surface area contributed by atoms with Crippen molar-refractivity contribution in [3.63, 3.8) is 0 Å². The molecule has 2 heterocycles. The first-order chi connectivity index (χ1) is 9.70. The van der Waals surface area contributed by atoms with Crippen LogP contribution in [0.5, 0.6) is 0 Å². The highest BCUT2D eigenvalue weighted by atomic mass is 32.1. The molecule has 1 N–H and O–H groups in total. The number of hydrogen-bond acceptors (Lipinski definition) is 5. The molecule has 1 aliphatic heterocycles. The van der Waals surface area contributed by atoms with Crippen molar-refractivity contribution >= 4 is 11.3 Å². The van der Waals surface area contributed by atoms with Gasteiger partial charge in [0.05, 0.1) is 5.69 Å². The fourth-order valence-electron chi connectivity index (χ4n) is 2.96. The molecular formula is C15H26N4S. The highest BCUT2D eigenvalue weighted by Crippen LogP contribution is 2.22. The Morgan fingerprint density at radius 2 is 2.25 bits per heavy atom. The number of likely N-dealkylation sites (N-methyl/N-ethyl adjacent to an activating group) is 1. The van der Waals surface area contributed by atoms with E-state index in [4.69, 9.17) is 4.98 Å². The lowest BCUT2D eigenvalue weighted by atomic mass is 10.2. The fourth-order valence-corrected chi connectivity index (χ4v) is 3.70. The van der Waals surface area contributed by atoms with Crippen LogP contribution in [0.3, 0.4) is 0 Å². The van der Waals surface area contributed by atoms with Gasteiger partial charge in [0.1, 0.15) is 5.01 Å². The highest BCUT2D eigenvalue weighted by molar-refractivity contribution is 7.09. The summed E-state index contributed by atoms with van der Waals surface area (Å²) in [5, 5.41) is 7.03. The SMILES string of the molecule is CN(C)CC1CCCN1Cc1csc(CNC2CC2)n1. The maximum atomic E-state index is 4.79. The molecule has 4 nitrogen and oxygen atoms in total. The lowest BCUT2D eigenvalue weighted by Crippen LogP contribution is -2.37. The van der Waals surface area contributed by atoms with Crippen molar-refractivity contribution in [2.45, 2.75) is 50.9 Å². The first-order valence-electron chi connectivity index (χ1n) is 7.76. The van der Waals surface area contributed by atoms with E-state index < -0.39 is 0 Å². The highest BCUT2D eigenvalue weighted by Gasteiger charge is 2.25. The van der Waals surface area contributed by atoms with E-state index in [-0.39, 0.29) is 0 Å². The van der Waals surface area contributed by atoms with Crippen molar-refractivity contribution in [1.29, 1.82) is 0 Å². The third-order valence-electron chi connectivity index (χ3n) is 4.16. The van der Waals surface area contributed by atoms with E-state index in [9.17, 15) is 0 Å². The van der Waals surface area contributed by atoms with Crippen molar-refractivity contribution < 1.29 is 0 Å². The molecule has 3 rings (SSSR count). The largest absolute Gasteiger partial charge is 0.308 e. The van der Waals surface area contributed by atoms with Crippen molar-refractivity contribution in [3.05, 3.63) is 16.1 Å². The van der Waals surface area contributed by atoms with Gasteiger partial charge in [0.25, 0.3) is 0 Å². The summed E-state index contributed by atoms with van der Waals surface area (Å²) in [4.78, 5) is 9.69. The number of rotatable bonds is 7. The molecule has 1 saturated carbocycles. The molecule has 5 heteroatoms. The quantitative estimate of drug-likeness (QED) is 0.832. The van der Waals surface area contributed by atoms with Crippen molar-refractivity contribution in [3.8, 4) is 0 Å². The maximum Gasteiger partial charge on any atom is 0.107 e. The van der Waals surface area contributed by atoms with Crippen LogP contribution < -0.4 is 5.32 Å². The van der Waals surface area contributed by atoms with Crippen LogP contribution in [0, 0.1) is 0 Å². The Morgan fingerprint density at radius 3 is 3.00 bits per heavy atom. The fraction of sp³-hybridized carbons (Fsp3) is 0.800. The van der Waals surface area contributed by atoms with E-state index in [0.717, 1.165) is 19.1 Å². The Balaban J connectivity index is 1.51. The number of nitrogens with zero attached hydrogens (tertiary/aromatic N) is 3. The van der Waals surface area contributed by atoms with Crippen molar-refractivity contribution in [1.82, 2.24) is 20.1 Å². The first kappa shape index (κ1) is 14.4. The van der Waals surface area contributed by atoms with Gasteiger partial charge in [-0.2, -0.15) is 0 Å². The van der Waals surface area contributed by atoms with Crippen LogP contribution in [0.25, 0.3) is 0 Å². The van der Waals surface area contributed by atoms with E-state index in [2.05, 4.69) is 34.6 Å². The van der Waals surface area contributed by atoms with Crippen LogP contribution in [-0.2, 0) is 13.1 Å². The van der Waals surface area contributed by atoms with Gasteiger partial charge >= 0.3 is 0 Å². The Kier molecular flexibility index (Phi) is 4.71. The first-order valence-corrected chi connectivity index (χ1v) is 8.64. The second-order valence-corrected chi connectivity index (χ2v) is 7.36. The second kappa shape index (κ2) is 6.52. The van der Waals surface area contributed by atoms with Crippen LogP contribution in [0.2, 0.25) is 0 Å². The average molecular weight is 294 g/mol. The molecule has 0 radical (unpaired) electrons. The Hall–Kier alpha value is -0.490. The van der Waals surface area contributed by atoms with Crippen LogP contribution in [0.1, 0.15) is 36.4 Å². The molecule has 112 valence electrons. The minimum Gasteiger partial charge on any atom is -0.308 e. The van der Waals surface area contributed by atoms with Crippen molar-refractivity contribution in [2.75, 3.05) is 27.2 Å². The van der Waals surface area contributed by atoms with Gasteiger partial charge in [0, 0.05) is 37.1 Å². The predicted molar refractivity (Wildman–Crippen MR) is 84.0 cm³/mol. The summed E-state index contributed by atoms with van der Waals surface area (Å²) in [6.45, 7) is 4.38. The molecule has 1 aromatic rings. The topological polar surface area (TPSA) is 31.4 Å². The van der Waals surface area contributed by atoms with Crippen LogP contribution >= 0.6 is 11.3 Å². The normalized spacial score (nSPS) is 23.9. The monoisotopic (exact) mass is 294 g/mol. The molecule has 0 aromatic carbocycles. The summed E-state index contributed by atoms with van der Waals surface area (Å²) >= 11 is 1.81. The molecule has 1 saturated heterocycles. The minimum atomic E-state index is 0.708. The molecule has 1 unspecified atom stereocenters. The van der Waals surface area contributed by atoms with E-state index in [0.29, 0.717) is 6.04 Å². The van der Waals surface area contributed by atoms with E-state index in [1.165, 1.54) is 49.5 Å². The van der Waals surface area contributed by atoms with E-state index in [1.807, 2.05) is 11.3 Å². The van der Waals surface area contributed by atoms with Gasteiger partial charge in [0.2, 0.25) is 0 Å². The molecule has 0 bridgehead atoms. The number of thiazole rings is 1. The van der Waals surface area contributed by atoms with Gasteiger partial charge in [0.15, 0.2) is 0 Å². The smallest absolute Gasteiger partial charge is 0.107 e. The average Bonchev–Trinajstić information content (AvgIpc) is 2.98. The van der Waals surface area contributed by atoms with Crippen molar-refractivity contribution in [2.24, 2.45) is 0 Å². The Bertz CT molecular complexity index is 427. The van der Waals surface area contributed by atoms with Crippen LogP contribution in [0.4, 0.5) is 0 Å². The number of likely N-dealkylation sites (tertiary alicyclic amines) is 1. The Morgan fingerprint density at radius 1 is 1.40 bits per heavy atom. The third kappa shape index (κ3) is 4.01. The second-order valence-electron chi connectivity index (χ2n) is 6.42. The summed E-state index contributed by atoms with van der Waals surface area (Å²) in [5.74, 6) is 0.